The van der Waals surface area contributed by atoms with Gasteiger partial charge in [-0.3, -0.25) is 4.79 Å². The molecule has 0 heterocycles. The Balaban J connectivity index is 2.32. The summed E-state index contributed by atoms with van der Waals surface area (Å²) in [5.41, 5.74) is 7.27. The molecule has 0 radical (unpaired) electrons. The maximum Gasteiger partial charge on any atom is 0.198 e. The van der Waals surface area contributed by atoms with Crippen LogP contribution in [0.5, 0.6) is 5.75 Å². The number of carbonyl (C=O) groups excluding carboxylic acids is 1. The lowest BCUT2D eigenvalue weighted by Crippen LogP contribution is -2.10. The zero-order valence-corrected chi connectivity index (χ0v) is 13.2. The molecule has 0 bridgehead atoms. The van der Waals surface area contributed by atoms with Gasteiger partial charge in [-0.25, -0.2) is 0 Å². The van der Waals surface area contributed by atoms with Crippen LogP contribution in [0.3, 0.4) is 0 Å². The van der Waals surface area contributed by atoms with Crippen LogP contribution in [0.2, 0.25) is 0 Å². The third-order valence-electron chi connectivity index (χ3n) is 2.94. The van der Waals surface area contributed by atoms with Crippen LogP contribution in [0.15, 0.2) is 46.9 Å². The molecule has 4 nitrogen and oxygen atoms in total. The first-order chi connectivity index (χ1) is 10.1. The van der Waals surface area contributed by atoms with Gasteiger partial charge in [0.25, 0.3) is 0 Å². The van der Waals surface area contributed by atoms with E-state index in [9.17, 15) is 4.79 Å². The molecule has 2 rings (SSSR count). The fourth-order valence-electron chi connectivity index (χ4n) is 1.89. The Bertz CT molecular complexity index is 643. The second-order valence-electron chi connectivity index (χ2n) is 4.40. The Labute approximate surface area is 132 Å². The molecule has 0 unspecified atom stereocenters. The number of ether oxygens (including phenoxy) is 2. The van der Waals surface area contributed by atoms with Gasteiger partial charge in [0.1, 0.15) is 12.4 Å². The Hall–Kier alpha value is -1.85. The SMILES string of the molecule is COCCOc1ccccc1C(=O)c1cc(Br)ccc1N. The van der Waals surface area contributed by atoms with Crippen molar-refractivity contribution in [3.63, 3.8) is 0 Å². The molecule has 0 aliphatic carbocycles. The fourth-order valence-corrected chi connectivity index (χ4v) is 2.25. The van der Waals surface area contributed by atoms with Gasteiger partial charge >= 0.3 is 0 Å². The standard InChI is InChI=1S/C16H16BrNO3/c1-20-8-9-21-15-5-3-2-4-12(15)16(19)13-10-11(17)6-7-14(13)18/h2-7,10H,8-9,18H2,1H3. The molecule has 0 saturated heterocycles. The maximum absolute atomic E-state index is 12.7. The summed E-state index contributed by atoms with van der Waals surface area (Å²) in [7, 11) is 1.60. The summed E-state index contributed by atoms with van der Waals surface area (Å²) in [6.07, 6.45) is 0. The smallest absolute Gasteiger partial charge is 0.198 e. The third-order valence-corrected chi connectivity index (χ3v) is 3.43. The van der Waals surface area contributed by atoms with E-state index in [-0.39, 0.29) is 5.78 Å². The molecule has 0 amide bonds. The van der Waals surface area contributed by atoms with Crippen LogP contribution in [0.1, 0.15) is 15.9 Å². The molecular formula is C16H16BrNO3. The summed E-state index contributed by atoms with van der Waals surface area (Å²) >= 11 is 3.35. The molecular weight excluding hydrogens is 334 g/mol. The highest BCUT2D eigenvalue weighted by Gasteiger charge is 2.17. The largest absolute Gasteiger partial charge is 0.490 e. The molecule has 0 aromatic heterocycles. The van der Waals surface area contributed by atoms with Crippen molar-refractivity contribution >= 4 is 27.4 Å². The van der Waals surface area contributed by atoms with Crippen molar-refractivity contribution in [2.45, 2.75) is 0 Å². The first-order valence-electron chi connectivity index (χ1n) is 6.44. The van der Waals surface area contributed by atoms with E-state index in [0.717, 1.165) is 4.47 Å². The zero-order valence-electron chi connectivity index (χ0n) is 11.6. The second-order valence-corrected chi connectivity index (χ2v) is 5.31. The number of anilines is 1. The Morgan fingerprint density at radius 2 is 1.90 bits per heavy atom. The quantitative estimate of drug-likeness (QED) is 0.493. The highest BCUT2D eigenvalue weighted by atomic mass is 79.9. The minimum atomic E-state index is -0.165. The van der Waals surface area contributed by atoms with Gasteiger partial charge in [-0.15, -0.1) is 0 Å². The molecule has 5 heteroatoms. The highest BCUT2D eigenvalue weighted by molar-refractivity contribution is 9.10. The summed E-state index contributed by atoms with van der Waals surface area (Å²) in [6, 6.07) is 12.3. The summed E-state index contributed by atoms with van der Waals surface area (Å²) in [4.78, 5) is 12.7. The number of rotatable bonds is 6. The number of carbonyl (C=O) groups is 1. The van der Waals surface area contributed by atoms with Gasteiger partial charge < -0.3 is 15.2 Å². The molecule has 0 atom stereocenters. The van der Waals surface area contributed by atoms with E-state index >= 15 is 0 Å². The molecule has 0 saturated carbocycles. The zero-order chi connectivity index (χ0) is 15.2. The number of hydrogen-bond acceptors (Lipinski definition) is 4. The number of para-hydroxylation sites is 1. The monoisotopic (exact) mass is 349 g/mol. The van der Waals surface area contributed by atoms with Crippen molar-refractivity contribution < 1.29 is 14.3 Å². The minimum absolute atomic E-state index is 0.165. The average Bonchev–Trinajstić information content (AvgIpc) is 2.50. The lowest BCUT2D eigenvalue weighted by molar-refractivity contribution is 0.103. The molecule has 0 spiro atoms. The molecule has 110 valence electrons. The minimum Gasteiger partial charge on any atom is -0.490 e. The fraction of sp³-hybridized carbons (Fsp3) is 0.188. The number of halogens is 1. The van der Waals surface area contributed by atoms with Gasteiger partial charge in [0.15, 0.2) is 5.78 Å². The Kier molecular flexibility index (Phi) is 5.36. The van der Waals surface area contributed by atoms with E-state index in [4.69, 9.17) is 15.2 Å². The van der Waals surface area contributed by atoms with E-state index in [2.05, 4.69) is 15.9 Å². The summed E-state index contributed by atoms with van der Waals surface area (Å²) < 4.78 is 11.3. The van der Waals surface area contributed by atoms with Crippen molar-refractivity contribution in [2.24, 2.45) is 0 Å². The first kappa shape index (κ1) is 15.5. The summed E-state index contributed by atoms with van der Waals surface area (Å²) in [6.45, 7) is 0.844. The van der Waals surface area contributed by atoms with Gasteiger partial charge in [-0.1, -0.05) is 28.1 Å². The van der Waals surface area contributed by atoms with Gasteiger partial charge in [0.05, 0.1) is 12.2 Å². The Morgan fingerprint density at radius 3 is 2.67 bits per heavy atom. The second kappa shape index (κ2) is 7.24. The normalized spacial score (nSPS) is 10.4. The van der Waals surface area contributed by atoms with Crippen LogP contribution in [0, 0.1) is 0 Å². The third kappa shape index (κ3) is 3.83. The molecule has 21 heavy (non-hydrogen) atoms. The molecule has 2 aromatic carbocycles. The summed E-state index contributed by atoms with van der Waals surface area (Å²) in [5, 5.41) is 0. The van der Waals surface area contributed by atoms with Crippen LogP contribution in [-0.4, -0.2) is 26.1 Å². The number of hydrogen-bond donors (Lipinski definition) is 1. The van der Waals surface area contributed by atoms with Gasteiger partial charge in [0.2, 0.25) is 0 Å². The van der Waals surface area contributed by atoms with E-state index in [1.807, 2.05) is 6.07 Å². The lowest BCUT2D eigenvalue weighted by atomic mass is 10.0. The lowest BCUT2D eigenvalue weighted by Gasteiger charge is -2.11. The van der Waals surface area contributed by atoms with Crippen molar-refractivity contribution in [2.75, 3.05) is 26.1 Å². The van der Waals surface area contributed by atoms with Crippen molar-refractivity contribution in [3.8, 4) is 5.75 Å². The van der Waals surface area contributed by atoms with Crippen molar-refractivity contribution in [1.29, 1.82) is 0 Å². The molecule has 2 N–H and O–H groups in total. The van der Waals surface area contributed by atoms with E-state index in [1.54, 1.807) is 43.5 Å². The van der Waals surface area contributed by atoms with E-state index in [1.165, 1.54) is 0 Å². The highest BCUT2D eigenvalue weighted by Crippen LogP contribution is 2.26. The average molecular weight is 350 g/mol. The van der Waals surface area contributed by atoms with E-state index < -0.39 is 0 Å². The summed E-state index contributed by atoms with van der Waals surface area (Å²) in [5.74, 6) is 0.362. The van der Waals surface area contributed by atoms with Gasteiger partial charge in [-0.05, 0) is 30.3 Å². The number of nitrogens with two attached hydrogens (primary N) is 1. The Morgan fingerprint density at radius 1 is 1.14 bits per heavy atom. The van der Waals surface area contributed by atoms with E-state index in [0.29, 0.717) is 35.8 Å². The number of benzene rings is 2. The number of methoxy groups -OCH3 is 1. The molecule has 0 aliphatic heterocycles. The van der Waals surface area contributed by atoms with Crippen LogP contribution in [0.25, 0.3) is 0 Å². The van der Waals surface area contributed by atoms with Gasteiger partial charge in [-0.2, -0.15) is 0 Å². The van der Waals surface area contributed by atoms with Crippen molar-refractivity contribution in [1.82, 2.24) is 0 Å². The van der Waals surface area contributed by atoms with Gasteiger partial charge in [0, 0.05) is 22.8 Å². The first-order valence-corrected chi connectivity index (χ1v) is 7.23. The van der Waals surface area contributed by atoms with Crippen LogP contribution >= 0.6 is 15.9 Å². The topological polar surface area (TPSA) is 61.5 Å². The van der Waals surface area contributed by atoms with Crippen molar-refractivity contribution in [3.05, 3.63) is 58.1 Å². The predicted octanol–water partition coefficient (Wildman–Crippen LogP) is 3.29. The predicted molar refractivity (Wildman–Crippen MR) is 85.8 cm³/mol. The molecule has 0 aliphatic rings. The number of nitrogen functional groups attached to an aromatic ring is 1. The van der Waals surface area contributed by atoms with Crippen LogP contribution < -0.4 is 10.5 Å². The molecule has 2 aromatic rings. The number of ketones is 1. The molecule has 0 fully saturated rings. The maximum atomic E-state index is 12.7. The van der Waals surface area contributed by atoms with Crippen LogP contribution in [0.4, 0.5) is 5.69 Å². The van der Waals surface area contributed by atoms with Crippen LogP contribution in [-0.2, 0) is 4.74 Å².